The molecule has 0 fully saturated rings. The molecule has 2 rings (SSSR count). The second-order valence-corrected chi connectivity index (χ2v) is 4.83. The van der Waals surface area contributed by atoms with Gasteiger partial charge < -0.3 is 5.32 Å². The third kappa shape index (κ3) is 3.09. The van der Waals surface area contributed by atoms with E-state index in [1.807, 2.05) is 0 Å². The lowest BCUT2D eigenvalue weighted by Gasteiger charge is -2.09. The smallest absolute Gasteiger partial charge is 0.194 e. The number of nitrogens with one attached hydrogen (secondary N) is 1. The van der Waals surface area contributed by atoms with Crippen LogP contribution in [-0.4, -0.2) is 0 Å². The van der Waals surface area contributed by atoms with Crippen LogP contribution in [0.5, 0.6) is 0 Å². The zero-order valence-corrected chi connectivity index (χ0v) is 11.4. The largest absolute Gasteiger partial charge is 0.379 e. The Morgan fingerprint density at radius 1 is 0.800 bits per heavy atom. The molecule has 7 heteroatoms. The molecule has 0 aliphatic rings. The van der Waals surface area contributed by atoms with Crippen molar-refractivity contribution in [2.45, 2.75) is 6.54 Å². The van der Waals surface area contributed by atoms with Gasteiger partial charge in [-0.1, -0.05) is 0 Å². The van der Waals surface area contributed by atoms with E-state index in [9.17, 15) is 22.0 Å². The fraction of sp³-hybridized carbons (Fsp3) is 0.0769. The summed E-state index contributed by atoms with van der Waals surface area (Å²) in [6, 6.07) is 3.37. The predicted molar refractivity (Wildman–Crippen MR) is 67.7 cm³/mol. The Hall–Kier alpha value is -1.63. The minimum atomic E-state index is -1.57. The molecule has 0 spiro atoms. The van der Waals surface area contributed by atoms with E-state index in [0.29, 0.717) is 0 Å². The average Bonchev–Trinajstić information content (AvgIpc) is 2.38. The molecule has 0 saturated heterocycles. The first-order chi connectivity index (χ1) is 9.38. The van der Waals surface area contributed by atoms with Crippen molar-refractivity contribution in [3.05, 3.63) is 63.4 Å². The number of halogens is 6. The van der Waals surface area contributed by atoms with Crippen LogP contribution in [0.15, 0.2) is 28.7 Å². The van der Waals surface area contributed by atoms with Crippen LogP contribution in [-0.2, 0) is 6.54 Å². The Balaban J connectivity index is 2.19. The molecule has 0 amide bonds. The van der Waals surface area contributed by atoms with E-state index in [1.165, 1.54) is 0 Å². The zero-order valence-electron chi connectivity index (χ0n) is 9.78. The van der Waals surface area contributed by atoms with Crippen LogP contribution >= 0.6 is 15.9 Å². The van der Waals surface area contributed by atoms with Crippen molar-refractivity contribution in [1.29, 1.82) is 0 Å². The molecule has 0 atom stereocenters. The summed E-state index contributed by atoms with van der Waals surface area (Å²) in [5.41, 5.74) is -0.111. The molecule has 1 N–H and O–H groups in total. The molecule has 0 bridgehead atoms. The van der Waals surface area contributed by atoms with Gasteiger partial charge in [0.15, 0.2) is 17.5 Å². The van der Waals surface area contributed by atoms with E-state index in [2.05, 4.69) is 21.2 Å². The van der Waals surface area contributed by atoms with Gasteiger partial charge >= 0.3 is 0 Å². The first-order valence-electron chi connectivity index (χ1n) is 5.40. The van der Waals surface area contributed by atoms with Gasteiger partial charge in [0.25, 0.3) is 0 Å². The van der Waals surface area contributed by atoms with Gasteiger partial charge in [-0.2, -0.15) is 0 Å². The molecule has 0 saturated carbocycles. The molecule has 2 aromatic rings. The fourth-order valence-corrected chi connectivity index (χ4v) is 1.88. The molecule has 106 valence electrons. The van der Waals surface area contributed by atoms with Crippen LogP contribution < -0.4 is 5.32 Å². The lowest BCUT2D eigenvalue weighted by atomic mass is 10.2. The molecule has 20 heavy (non-hydrogen) atoms. The van der Waals surface area contributed by atoms with Gasteiger partial charge in [0, 0.05) is 12.6 Å². The van der Waals surface area contributed by atoms with Crippen molar-refractivity contribution in [2.75, 3.05) is 5.32 Å². The van der Waals surface area contributed by atoms with Crippen molar-refractivity contribution in [2.24, 2.45) is 0 Å². The van der Waals surface area contributed by atoms with Crippen molar-refractivity contribution in [1.82, 2.24) is 0 Å². The molecule has 1 nitrogen and oxygen atoms in total. The summed E-state index contributed by atoms with van der Waals surface area (Å²) < 4.78 is 65.4. The van der Waals surface area contributed by atoms with Crippen LogP contribution in [0.2, 0.25) is 0 Å². The van der Waals surface area contributed by atoms with Gasteiger partial charge in [-0.25, -0.2) is 22.0 Å². The Labute approximate surface area is 119 Å². The summed E-state index contributed by atoms with van der Waals surface area (Å²) in [5, 5.41) is 2.48. The standard InChI is InChI=1S/C13H7BrF5N/c14-7-3-9(16)12(4-8(7)15)20-5-6-1-10(17)13(19)11(18)2-6/h1-4,20H,5H2. The van der Waals surface area contributed by atoms with Gasteiger partial charge in [-0.15, -0.1) is 0 Å². The average molecular weight is 352 g/mol. The predicted octanol–water partition coefficient (Wildman–Crippen LogP) is 4.76. The normalized spacial score (nSPS) is 10.7. The van der Waals surface area contributed by atoms with Crippen molar-refractivity contribution in [3.8, 4) is 0 Å². The summed E-state index contributed by atoms with van der Waals surface area (Å²) in [5.74, 6) is -5.69. The first kappa shape index (κ1) is 14.8. The number of rotatable bonds is 3. The highest BCUT2D eigenvalue weighted by Crippen LogP contribution is 2.24. The van der Waals surface area contributed by atoms with Crippen LogP contribution in [0.1, 0.15) is 5.56 Å². The van der Waals surface area contributed by atoms with E-state index in [-0.39, 0.29) is 22.3 Å². The van der Waals surface area contributed by atoms with Crippen LogP contribution in [0.25, 0.3) is 0 Å². The fourth-order valence-electron chi connectivity index (χ4n) is 1.57. The first-order valence-corrected chi connectivity index (χ1v) is 6.19. The molecule has 0 aromatic heterocycles. The van der Waals surface area contributed by atoms with Crippen molar-refractivity contribution >= 4 is 21.6 Å². The molecule has 0 radical (unpaired) electrons. The highest BCUT2D eigenvalue weighted by atomic mass is 79.9. The van der Waals surface area contributed by atoms with E-state index in [0.717, 1.165) is 24.3 Å². The van der Waals surface area contributed by atoms with Gasteiger partial charge in [0.1, 0.15) is 11.6 Å². The Morgan fingerprint density at radius 2 is 1.40 bits per heavy atom. The number of benzene rings is 2. The van der Waals surface area contributed by atoms with Crippen molar-refractivity contribution in [3.63, 3.8) is 0 Å². The van der Waals surface area contributed by atoms with E-state index < -0.39 is 29.1 Å². The molecule has 2 aromatic carbocycles. The summed E-state index contributed by atoms with van der Waals surface area (Å²) in [4.78, 5) is 0. The van der Waals surface area contributed by atoms with Gasteiger partial charge in [0.2, 0.25) is 0 Å². The third-order valence-electron chi connectivity index (χ3n) is 2.54. The summed E-state index contributed by atoms with van der Waals surface area (Å²) in [6.07, 6.45) is 0. The molecular formula is C13H7BrF5N. The maximum Gasteiger partial charge on any atom is 0.194 e. The molecular weight excluding hydrogens is 345 g/mol. The molecule has 0 aliphatic carbocycles. The zero-order chi connectivity index (χ0) is 14.9. The quantitative estimate of drug-likeness (QED) is 0.477. The van der Waals surface area contributed by atoms with E-state index >= 15 is 0 Å². The second-order valence-electron chi connectivity index (χ2n) is 3.97. The molecule has 0 aliphatic heterocycles. The van der Waals surface area contributed by atoms with Crippen LogP contribution in [0.4, 0.5) is 27.6 Å². The Kier molecular flexibility index (Phi) is 4.27. The van der Waals surface area contributed by atoms with E-state index in [1.54, 1.807) is 0 Å². The van der Waals surface area contributed by atoms with Crippen molar-refractivity contribution < 1.29 is 22.0 Å². The Bertz CT molecular complexity index is 636. The maximum atomic E-state index is 13.5. The SMILES string of the molecule is Fc1cc(NCc2cc(F)c(F)c(F)c2)c(F)cc1Br. The minimum absolute atomic E-state index is 0.0422. The topological polar surface area (TPSA) is 12.0 Å². The third-order valence-corrected chi connectivity index (χ3v) is 3.14. The maximum absolute atomic E-state index is 13.5. The highest BCUT2D eigenvalue weighted by Gasteiger charge is 2.12. The van der Waals surface area contributed by atoms with Gasteiger partial charge in [0.05, 0.1) is 10.2 Å². The van der Waals surface area contributed by atoms with Gasteiger partial charge in [-0.3, -0.25) is 0 Å². The van der Waals surface area contributed by atoms with E-state index in [4.69, 9.17) is 0 Å². The number of hydrogen-bond donors (Lipinski definition) is 1. The van der Waals surface area contributed by atoms with Gasteiger partial charge in [-0.05, 0) is 39.7 Å². The monoisotopic (exact) mass is 351 g/mol. The minimum Gasteiger partial charge on any atom is -0.379 e. The highest BCUT2D eigenvalue weighted by molar-refractivity contribution is 9.10. The molecule has 0 heterocycles. The van der Waals surface area contributed by atoms with Crippen LogP contribution in [0, 0.1) is 29.1 Å². The Morgan fingerprint density at radius 3 is 2.00 bits per heavy atom. The number of anilines is 1. The number of hydrogen-bond acceptors (Lipinski definition) is 1. The summed E-state index contributed by atoms with van der Waals surface area (Å²) in [6.45, 7) is -0.188. The lowest BCUT2D eigenvalue weighted by molar-refractivity contribution is 0.445. The summed E-state index contributed by atoms with van der Waals surface area (Å²) >= 11 is 2.82. The summed E-state index contributed by atoms with van der Waals surface area (Å²) in [7, 11) is 0. The molecule has 0 unspecified atom stereocenters. The second kappa shape index (κ2) is 5.78. The van der Waals surface area contributed by atoms with Crippen LogP contribution in [0.3, 0.4) is 0 Å². The lowest BCUT2D eigenvalue weighted by Crippen LogP contribution is -2.04.